The van der Waals surface area contributed by atoms with E-state index in [2.05, 4.69) is 4.98 Å². The van der Waals surface area contributed by atoms with Gasteiger partial charge in [-0.25, -0.2) is 9.37 Å². The number of nitrogens with zero attached hydrogens (tertiary/aromatic N) is 2. The molecule has 0 aliphatic heterocycles. The molecule has 0 spiro atoms. The van der Waals surface area contributed by atoms with Crippen LogP contribution in [-0.2, 0) is 13.2 Å². The van der Waals surface area contributed by atoms with Crippen LogP contribution in [0, 0.1) is 5.82 Å². The lowest BCUT2D eigenvalue weighted by Gasteiger charge is -2.24. The van der Waals surface area contributed by atoms with E-state index in [1.165, 1.54) is 23.5 Å². The van der Waals surface area contributed by atoms with E-state index in [4.69, 9.17) is 4.74 Å². The highest BCUT2D eigenvalue weighted by Gasteiger charge is 2.16. The summed E-state index contributed by atoms with van der Waals surface area (Å²) in [6.07, 6.45) is 0. The third kappa shape index (κ3) is 5.71. The summed E-state index contributed by atoms with van der Waals surface area (Å²) in [5, 5.41) is 12.7. The Labute approximate surface area is 134 Å². The first kappa shape index (κ1) is 16.9. The van der Waals surface area contributed by atoms with E-state index in [0.29, 0.717) is 25.4 Å². The number of aromatic nitrogens is 1. The lowest BCUT2D eigenvalue weighted by molar-refractivity contribution is 0.0422. The van der Waals surface area contributed by atoms with E-state index in [1.54, 1.807) is 26.0 Å². The van der Waals surface area contributed by atoms with Crippen molar-refractivity contribution in [2.45, 2.75) is 32.6 Å². The second kappa shape index (κ2) is 7.17. The smallest absolute Gasteiger partial charge is 0.140 e. The molecule has 2 aromatic rings. The minimum atomic E-state index is -0.723. The van der Waals surface area contributed by atoms with Gasteiger partial charge in [0.25, 0.3) is 0 Å². The van der Waals surface area contributed by atoms with Crippen molar-refractivity contribution in [3.63, 3.8) is 0 Å². The number of thiazole rings is 1. The van der Waals surface area contributed by atoms with Gasteiger partial charge in [-0.2, -0.15) is 0 Å². The van der Waals surface area contributed by atoms with Crippen LogP contribution in [0.4, 0.5) is 4.39 Å². The Morgan fingerprint density at radius 1 is 1.32 bits per heavy atom. The molecule has 0 radical (unpaired) electrons. The minimum Gasteiger partial charge on any atom is -0.486 e. The maximum atomic E-state index is 12.8. The third-order valence-electron chi connectivity index (χ3n) is 2.86. The van der Waals surface area contributed by atoms with Crippen molar-refractivity contribution in [1.29, 1.82) is 0 Å². The topological polar surface area (TPSA) is 45.6 Å². The number of aliphatic hydroxyl groups is 1. The number of halogens is 1. The molecule has 0 saturated heterocycles. The molecule has 0 atom stereocenters. The van der Waals surface area contributed by atoms with Gasteiger partial charge in [-0.3, -0.25) is 4.90 Å². The maximum absolute atomic E-state index is 12.8. The van der Waals surface area contributed by atoms with Gasteiger partial charge < -0.3 is 9.84 Å². The summed E-state index contributed by atoms with van der Waals surface area (Å²) in [5.41, 5.74) is 0.230. The molecule has 1 aromatic heterocycles. The first-order valence-electron chi connectivity index (χ1n) is 7.04. The quantitative estimate of drug-likeness (QED) is 0.850. The van der Waals surface area contributed by atoms with Gasteiger partial charge in [0, 0.05) is 18.5 Å². The molecular formula is C16H21FN2O2S. The number of rotatable bonds is 7. The SMILES string of the molecule is CN(Cc1csc(COc2ccc(F)cc2)n1)CC(C)(C)O. The van der Waals surface area contributed by atoms with Crippen molar-refractivity contribution in [3.8, 4) is 5.75 Å². The average molecular weight is 324 g/mol. The summed E-state index contributed by atoms with van der Waals surface area (Å²) >= 11 is 1.53. The molecular weight excluding hydrogens is 303 g/mol. The molecule has 6 heteroatoms. The van der Waals surface area contributed by atoms with Crippen LogP contribution in [0.3, 0.4) is 0 Å². The van der Waals surface area contributed by atoms with Crippen molar-refractivity contribution >= 4 is 11.3 Å². The molecule has 4 nitrogen and oxygen atoms in total. The monoisotopic (exact) mass is 324 g/mol. The molecule has 0 aliphatic rings. The Kier molecular flexibility index (Phi) is 5.50. The summed E-state index contributed by atoms with van der Waals surface area (Å²) in [5.74, 6) is 0.344. The zero-order valence-corrected chi connectivity index (χ0v) is 13.9. The Morgan fingerprint density at radius 3 is 2.64 bits per heavy atom. The summed E-state index contributed by atoms with van der Waals surface area (Å²) in [6, 6.07) is 5.93. The van der Waals surface area contributed by atoms with Crippen LogP contribution in [0.15, 0.2) is 29.6 Å². The summed E-state index contributed by atoms with van der Waals surface area (Å²) in [4.78, 5) is 6.54. The second-order valence-electron chi connectivity index (χ2n) is 5.96. The number of ether oxygens (including phenoxy) is 1. The molecule has 0 fully saturated rings. The Bertz CT molecular complexity index is 593. The van der Waals surface area contributed by atoms with Gasteiger partial charge >= 0.3 is 0 Å². The molecule has 2 rings (SSSR count). The summed E-state index contributed by atoms with van der Waals surface area (Å²) in [6.45, 7) is 5.19. The van der Waals surface area contributed by atoms with Gasteiger partial charge in [0.1, 0.15) is 23.2 Å². The molecule has 0 saturated carbocycles. The number of likely N-dealkylation sites (N-methyl/N-ethyl adjacent to an activating group) is 1. The fraction of sp³-hybridized carbons (Fsp3) is 0.438. The lowest BCUT2D eigenvalue weighted by Crippen LogP contribution is -2.35. The predicted octanol–water partition coefficient (Wildman–Crippen LogP) is 3.06. The van der Waals surface area contributed by atoms with Gasteiger partial charge in [-0.15, -0.1) is 11.3 Å². The zero-order valence-electron chi connectivity index (χ0n) is 13.0. The molecule has 0 bridgehead atoms. The maximum Gasteiger partial charge on any atom is 0.140 e. The van der Waals surface area contributed by atoms with E-state index < -0.39 is 5.60 Å². The fourth-order valence-corrected chi connectivity index (χ4v) is 2.85. The number of benzene rings is 1. The molecule has 22 heavy (non-hydrogen) atoms. The molecule has 1 N–H and O–H groups in total. The third-order valence-corrected chi connectivity index (χ3v) is 3.74. The Hall–Kier alpha value is -1.50. The fourth-order valence-electron chi connectivity index (χ4n) is 2.16. The van der Waals surface area contributed by atoms with Crippen LogP contribution >= 0.6 is 11.3 Å². The highest BCUT2D eigenvalue weighted by Crippen LogP contribution is 2.17. The van der Waals surface area contributed by atoms with Crippen molar-refractivity contribution in [3.05, 3.63) is 46.2 Å². The van der Waals surface area contributed by atoms with Gasteiger partial charge in [0.15, 0.2) is 0 Å². The predicted molar refractivity (Wildman–Crippen MR) is 85.5 cm³/mol. The Morgan fingerprint density at radius 2 is 2.00 bits per heavy atom. The van der Waals surface area contributed by atoms with Gasteiger partial charge in [0.2, 0.25) is 0 Å². The van der Waals surface area contributed by atoms with Crippen LogP contribution in [-0.4, -0.2) is 34.2 Å². The van der Waals surface area contributed by atoms with Crippen LogP contribution < -0.4 is 4.74 Å². The van der Waals surface area contributed by atoms with Crippen molar-refractivity contribution in [1.82, 2.24) is 9.88 Å². The zero-order chi connectivity index (χ0) is 16.2. The molecule has 0 amide bonds. The molecule has 0 unspecified atom stereocenters. The van der Waals surface area contributed by atoms with E-state index in [9.17, 15) is 9.50 Å². The normalized spacial score (nSPS) is 11.9. The van der Waals surface area contributed by atoms with E-state index in [1.807, 2.05) is 17.3 Å². The number of hydrogen-bond acceptors (Lipinski definition) is 5. The van der Waals surface area contributed by atoms with Crippen LogP contribution in [0.5, 0.6) is 5.75 Å². The van der Waals surface area contributed by atoms with Crippen LogP contribution in [0.1, 0.15) is 24.5 Å². The van der Waals surface area contributed by atoms with Crippen molar-refractivity contribution < 1.29 is 14.2 Å². The van der Waals surface area contributed by atoms with Crippen molar-refractivity contribution in [2.75, 3.05) is 13.6 Å². The molecule has 1 aromatic carbocycles. The number of hydrogen-bond donors (Lipinski definition) is 1. The first-order valence-corrected chi connectivity index (χ1v) is 7.92. The summed E-state index contributed by atoms with van der Waals surface area (Å²) < 4.78 is 18.4. The molecule has 120 valence electrons. The van der Waals surface area contributed by atoms with E-state index in [0.717, 1.165) is 10.7 Å². The van der Waals surface area contributed by atoms with Gasteiger partial charge in [0.05, 0.1) is 11.3 Å². The Balaban J connectivity index is 1.84. The highest BCUT2D eigenvalue weighted by atomic mass is 32.1. The van der Waals surface area contributed by atoms with Gasteiger partial charge in [-0.05, 0) is 45.2 Å². The minimum absolute atomic E-state index is 0.279. The summed E-state index contributed by atoms with van der Waals surface area (Å²) in [7, 11) is 1.95. The van der Waals surface area contributed by atoms with E-state index >= 15 is 0 Å². The standard InChI is InChI=1S/C16H21FN2O2S/c1-16(2,20)11-19(3)8-13-10-22-15(18-13)9-21-14-6-4-12(17)5-7-14/h4-7,10,20H,8-9,11H2,1-3H3. The van der Waals surface area contributed by atoms with Crippen LogP contribution in [0.2, 0.25) is 0 Å². The largest absolute Gasteiger partial charge is 0.486 e. The van der Waals surface area contributed by atoms with E-state index in [-0.39, 0.29) is 5.82 Å². The van der Waals surface area contributed by atoms with Gasteiger partial charge in [-0.1, -0.05) is 0 Å². The second-order valence-corrected chi connectivity index (χ2v) is 6.90. The molecule has 0 aliphatic carbocycles. The van der Waals surface area contributed by atoms with Crippen LogP contribution in [0.25, 0.3) is 0 Å². The van der Waals surface area contributed by atoms with Crippen molar-refractivity contribution in [2.24, 2.45) is 0 Å². The molecule has 1 heterocycles. The average Bonchev–Trinajstić information content (AvgIpc) is 2.83. The first-order chi connectivity index (χ1) is 10.3. The lowest BCUT2D eigenvalue weighted by atomic mass is 10.1. The highest BCUT2D eigenvalue weighted by molar-refractivity contribution is 7.09.